The molecule has 3 N–H and O–H groups in total. The minimum absolute atomic E-state index is 0.141. The fourth-order valence-corrected chi connectivity index (χ4v) is 4.93. The van der Waals surface area contributed by atoms with E-state index in [1.54, 1.807) is 20.8 Å². The van der Waals surface area contributed by atoms with E-state index in [1.165, 1.54) is 10.5 Å². The van der Waals surface area contributed by atoms with Gasteiger partial charge in [0.1, 0.15) is 17.5 Å². The van der Waals surface area contributed by atoms with Crippen LogP contribution in [-0.2, 0) is 31.9 Å². The molecule has 1 aromatic heterocycles. The highest BCUT2D eigenvalue weighted by atomic mass is 16.6. The number of aliphatic carboxylic acids is 1. The Balaban J connectivity index is 1.10. The highest BCUT2D eigenvalue weighted by Crippen LogP contribution is 2.34. The van der Waals surface area contributed by atoms with Crippen molar-refractivity contribution in [3.8, 4) is 0 Å². The molecule has 0 bridgehead atoms. The highest BCUT2D eigenvalue weighted by Gasteiger charge is 2.39. The molecule has 1 atom stereocenters. The monoisotopic (exact) mass is 516 g/mol. The van der Waals surface area contributed by atoms with Crippen LogP contribution >= 0.6 is 0 Å². The first-order valence-electron chi connectivity index (χ1n) is 13.4. The number of pyridine rings is 1. The average molecular weight is 517 g/mol. The van der Waals surface area contributed by atoms with Crippen LogP contribution in [0.25, 0.3) is 0 Å². The number of carbonyl (C=O) groups excluding carboxylic acids is 2. The van der Waals surface area contributed by atoms with Crippen molar-refractivity contribution in [3.63, 3.8) is 0 Å². The molecule has 37 heavy (non-hydrogen) atoms. The molecule has 3 heterocycles. The van der Waals surface area contributed by atoms with Crippen molar-refractivity contribution in [2.24, 2.45) is 11.8 Å². The third-order valence-electron chi connectivity index (χ3n) is 7.23. The van der Waals surface area contributed by atoms with Crippen molar-refractivity contribution < 1.29 is 29.0 Å². The Morgan fingerprint density at radius 3 is 2.70 bits per heavy atom. The first-order valence-corrected chi connectivity index (χ1v) is 13.4. The number of likely N-dealkylation sites (tertiary alicyclic amines) is 1. The molecule has 0 radical (unpaired) electrons. The summed E-state index contributed by atoms with van der Waals surface area (Å²) in [6.07, 6.45) is 6.09. The van der Waals surface area contributed by atoms with E-state index in [2.05, 4.69) is 22.8 Å². The zero-order chi connectivity index (χ0) is 26.6. The topological polar surface area (TPSA) is 130 Å². The minimum atomic E-state index is -1.08. The van der Waals surface area contributed by atoms with Gasteiger partial charge in [-0.25, -0.2) is 14.6 Å². The molecule has 3 aliphatic rings. The molecule has 204 valence electrons. The van der Waals surface area contributed by atoms with Crippen molar-refractivity contribution in [2.75, 3.05) is 31.6 Å². The van der Waals surface area contributed by atoms with Gasteiger partial charge in [-0.2, -0.15) is 0 Å². The molecular formula is C27H40N4O6. The van der Waals surface area contributed by atoms with Crippen LogP contribution in [0.1, 0.15) is 64.1 Å². The number of nitrogens with one attached hydrogen (secondary N) is 2. The van der Waals surface area contributed by atoms with Gasteiger partial charge >= 0.3 is 12.1 Å². The van der Waals surface area contributed by atoms with Gasteiger partial charge in [0.25, 0.3) is 0 Å². The molecule has 2 fully saturated rings. The number of aryl methyl sites for hydroxylation is 2. The Morgan fingerprint density at radius 1 is 1.24 bits per heavy atom. The first-order chi connectivity index (χ1) is 17.6. The molecule has 10 heteroatoms. The van der Waals surface area contributed by atoms with Crippen LogP contribution in [0.5, 0.6) is 0 Å². The van der Waals surface area contributed by atoms with Gasteiger partial charge in [0, 0.05) is 38.4 Å². The highest BCUT2D eigenvalue weighted by molar-refractivity contribution is 5.87. The Hall–Kier alpha value is -2.88. The largest absolute Gasteiger partial charge is 0.480 e. The Morgan fingerprint density at radius 2 is 2.00 bits per heavy atom. The SMILES string of the molecule is CC(C)(C)OC(=O)N1CC(C(=O)N[C@@H](CCOC2CC(CCc3ccc4c(n3)NCCC4)C2)C(=O)O)C1. The number of rotatable bonds is 10. The third kappa shape index (κ3) is 7.56. The number of fused-ring (bicyclic) bond motifs is 1. The van der Waals surface area contributed by atoms with Crippen LogP contribution in [0, 0.1) is 11.8 Å². The number of hydrogen-bond donors (Lipinski definition) is 3. The van der Waals surface area contributed by atoms with Gasteiger partial charge < -0.3 is 30.1 Å². The number of hydrogen-bond acceptors (Lipinski definition) is 7. The van der Waals surface area contributed by atoms with E-state index in [4.69, 9.17) is 14.5 Å². The fourth-order valence-electron chi connectivity index (χ4n) is 4.93. The second-order valence-electron chi connectivity index (χ2n) is 11.5. The fraction of sp³-hybridized carbons (Fsp3) is 0.704. The van der Waals surface area contributed by atoms with Gasteiger partial charge in [0.05, 0.1) is 12.0 Å². The summed E-state index contributed by atoms with van der Waals surface area (Å²) in [6.45, 7) is 7.07. The van der Waals surface area contributed by atoms with E-state index in [9.17, 15) is 19.5 Å². The van der Waals surface area contributed by atoms with Gasteiger partial charge in [-0.1, -0.05) is 6.07 Å². The maximum atomic E-state index is 12.5. The normalized spacial score (nSPS) is 22.1. The van der Waals surface area contributed by atoms with E-state index in [1.807, 2.05) is 0 Å². The lowest BCUT2D eigenvalue weighted by Crippen LogP contribution is -2.58. The maximum absolute atomic E-state index is 12.5. The van der Waals surface area contributed by atoms with Crippen molar-refractivity contribution in [1.29, 1.82) is 0 Å². The number of ether oxygens (including phenoxy) is 2. The Bertz CT molecular complexity index is 982. The lowest BCUT2D eigenvalue weighted by molar-refractivity contribution is -0.144. The first kappa shape index (κ1) is 27.2. The summed E-state index contributed by atoms with van der Waals surface area (Å²) in [5.74, 6) is -0.239. The maximum Gasteiger partial charge on any atom is 0.410 e. The van der Waals surface area contributed by atoms with Crippen LogP contribution < -0.4 is 10.6 Å². The second kappa shape index (κ2) is 11.7. The van der Waals surface area contributed by atoms with E-state index in [-0.39, 0.29) is 38.1 Å². The number of carbonyl (C=O) groups is 3. The minimum Gasteiger partial charge on any atom is -0.480 e. The number of amides is 2. The Labute approximate surface area is 218 Å². The summed E-state index contributed by atoms with van der Waals surface area (Å²) in [6, 6.07) is 3.32. The van der Waals surface area contributed by atoms with Crippen LogP contribution in [0.4, 0.5) is 10.6 Å². The van der Waals surface area contributed by atoms with Gasteiger partial charge in [0.2, 0.25) is 5.91 Å². The predicted molar refractivity (Wildman–Crippen MR) is 137 cm³/mol. The molecular weight excluding hydrogens is 476 g/mol. The quantitative estimate of drug-likeness (QED) is 0.433. The van der Waals surface area contributed by atoms with Crippen molar-refractivity contribution in [3.05, 3.63) is 23.4 Å². The third-order valence-corrected chi connectivity index (χ3v) is 7.23. The van der Waals surface area contributed by atoms with Crippen molar-refractivity contribution in [1.82, 2.24) is 15.2 Å². The van der Waals surface area contributed by atoms with Crippen LogP contribution in [-0.4, -0.2) is 76.9 Å². The summed E-state index contributed by atoms with van der Waals surface area (Å²) < 4.78 is 11.2. The number of carboxylic acid groups (broad SMARTS) is 1. The molecule has 1 saturated heterocycles. The molecule has 2 aliphatic heterocycles. The van der Waals surface area contributed by atoms with Gasteiger partial charge in [-0.15, -0.1) is 0 Å². The summed E-state index contributed by atoms with van der Waals surface area (Å²) in [5, 5.41) is 15.5. The standard InChI is InChI=1S/C27H40N4O6/c1-27(2,3)37-26(35)31-15-19(16-31)24(32)30-22(25(33)34)10-12-36-21-13-17(14-21)6-8-20-9-7-18-5-4-11-28-23(18)29-20/h7,9,17,19,21-22H,4-6,8,10-16H2,1-3H3,(H,28,29)(H,30,32)(H,33,34)/t17?,21?,22-/m0/s1. The molecule has 1 saturated carbocycles. The molecule has 1 aromatic rings. The van der Waals surface area contributed by atoms with Gasteiger partial charge in [0.15, 0.2) is 0 Å². The smallest absolute Gasteiger partial charge is 0.410 e. The summed E-state index contributed by atoms with van der Waals surface area (Å²) in [5.41, 5.74) is 1.83. The number of anilines is 1. The van der Waals surface area contributed by atoms with Crippen LogP contribution in [0.2, 0.25) is 0 Å². The molecule has 0 unspecified atom stereocenters. The molecule has 1 aliphatic carbocycles. The lowest BCUT2D eigenvalue weighted by atomic mass is 9.79. The average Bonchev–Trinajstić information content (AvgIpc) is 2.76. The second-order valence-corrected chi connectivity index (χ2v) is 11.5. The number of aromatic nitrogens is 1. The van der Waals surface area contributed by atoms with Crippen molar-refractivity contribution >= 4 is 23.8 Å². The lowest BCUT2D eigenvalue weighted by Gasteiger charge is -2.39. The van der Waals surface area contributed by atoms with Gasteiger partial charge in [-0.05, 0) is 76.8 Å². The number of carboxylic acids is 1. The molecule has 2 amide bonds. The summed E-state index contributed by atoms with van der Waals surface area (Å²) >= 11 is 0. The summed E-state index contributed by atoms with van der Waals surface area (Å²) in [7, 11) is 0. The molecule has 0 aromatic carbocycles. The van der Waals surface area contributed by atoms with E-state index in [0.29, 0.717) is 5.92 Å². The van der Waals surface area contributed by atoms with Crippen LogP contribution in [0.15, 0.2) is 12.1 Å². The van der Waals surface area contributed by atoms with Gasteiger partial charge in [-0.3, -0.25) is 4.79 Å². The molecule has 0 spiro atoms. The van der Waals surface area contributed by atoms with Crippen molar-refractivity contribution in [2.45, 2.75) is 83.5 Å². The number of nitrogens with zero attached hydrogens (tertiary/aromatic N) is 2. The Kier molecular flexibility index (Phi) is 8.56. The van der Waals surface area contributed by atoms with E-state index >= 15 is 0 Å². The van der Waals surface area contributed by atoms with E-state index in [0.717, 1.165) is 56.6 Å². The summed E-state index contributed by atoms with van der Waals surface area (Å²) in [4.78, 5) is 42.3. The molecule has 10 nitrogen and oxygen atoms in total. The van der Waals surface area contributed by atoms with E-state index < -0.39 is 29.6 Å². The zero-order valence-corrected chi connectivity index (χ0v) is 22.1. The predicted octanol–water partition coefficient (Wildman–Crippen LogP) is 2.99. The zero-order valence-electron chi connectivity index (χ0n) is 22.1. The molecule has 4 rings (SSSR count). The van der Waals surface area contributed by atoms with Crippen LogP contribution in [0.3, 0.4) is 0 Å².